The standard InChI is InChI=1S/C20H31N3/c1-21(20-11-14-23(16-20)19-7-8-19)18-9-12-22(13-10-18)15-17-5-3-2-4-6-17/h2-6,18-20H,7-16H2,1H3/t20-/m0/s1. The fraction of sp³-hybridized carbons (Fsp3) is 0.700. The van der Waals surface area contributed by atoms with Gasteiger partial charge in [-0.15, -0.1) is 0 Å². The molecule has 2 saturated heterocycles. The first-order valence-electron chi connectivity index (χ1n) is 9.52. The zero-order valence-corrected chi connectivity index (χ0v) is 14.5. The van der Waals surface area contributed by atoms with Crippen molar-refractivity contribution in [3.63, 3.8) is 0 Å². The quantitative estimate of drug-likeness (QED) is 0.827. The van der Waals surface area contributed by atoms with Gasteiger partial charge in [-0.05, 0) is 57.8 Å². The SMILES string of the molecule is CN(C1CCN(Cc2ccccc2)CC1)[C@H]1CCN(C2CC2)C1. The number of likely N-dealkylation sites (N-methyl/N-ethyl adjacent to an activating group) is 1. The van der Waals surface area contributed by atoms with E-state index in [0.29, 0.717) is 0 Å². The Bertz CT molecular complexity index is 491. The van der Waals surface area contributed by atoms with Gasteiger partial charge in [0.25, 0.3) is 0 Å². The molecule has 3 fully saturated rings. The van der Waals surface area contributed by atoms with E-state index in [2.05, 4.69) is 52.1 Å². The van der Waals surface area contributed by atoms with Crippen molar-refractivity contribution in [2.45, 2.75) is 56.8 Å². The molecule has 1 saturated carbocycles. The molecule has 3 aliphatic rings. The summed E-state index contributed by atoms with van der Waals surface area (Å²) in [6.07, 6.45) is 6.96. The lowest BCUT2D eigenvalue weighted by atomic mass is 10.0. The minimum absolute atomic E-state index is 0.797. The molecule has 4 rings (SSSR count). The molecular formula is C20H31N3. The van der Waals surface area contributed by atoms with Crippen molar-refractivity contribution in [3.05, 3.63) is 35.9 Å². The molecule has 3 nitrogen and oxygen atoms in total. The highest BCUT2D eigenvalue weighted by molar-refractivity contribution is 5.14. The van der Waals surface area contributed by atoms with Crippen LogP contribution >= 0.6 is 0 Å². The van der Waals surface area contributed by atoms with Crippen LogP contribution in [0.2, 0.25) is 0 Å². The summed E-state index contributed by atoms with van der Waals surface area (Å²) in [5.74, 6) is 0. The lowest BCUT2D eigenvalue weighted by Gasteiger charge is -2.39. The fourth-order valence-electron chi connectivity index (χ4n) is 4.50. The Morgan fingerprint density at radius 1 is 0.913 bits per heavy atom. The van der Waals surface area contributed by atoms with Gasteiger partial charge in [0.15, 0.2) is 0 Å². The van der Waals surface area contributed by atoms with Crippen LogP contribution in [0.4, 0.5) is 0 Å². The minimum atomic E-state index is 0.797. The Balaban J connectivity index is 1.24. The number of nitrogens with zero attached hydrogens (tertiary/aromatic N) is 3. The average molecular weight is 313 g/mol. The molecule has 0 radical (unpaired) electrons. The zero-order valence-electron chi connectivity index (χ0n) is 14.5. The number of likely N-dealkylation sites (tertiary alicyclic amines) is 2. The molecule has 0 unspecified atom stereocenters. The lowest BCUT2D eigenvalue weighted by Crippen LogP contribution is -2.47. The Morgan fingerprint density at radius 2 is 1.61 bits per heavy atom. The molecule has 1 aromatic rings. The van der Waals surface area contributed by atoms with Crippen LogP contribution in [0.25, 0.3) is 0 Å². The van der Waals surface area contributed by atoms with Gasteiger partial charge in [-0.3, -0.25) is 14.7 Å². The summed E-state index contributed by atoms with van der Waals surface area (Å²) in [7, 11) is 2.39. The molecule has 0 spiro atoms. The Morgan fingerprint density at radius 3 is 2.30 bits per heavy atom. The van der Waals surface area contributed by atoms with Crippen molar-refractivity contribution >= 4 is 0 Å². The molecule has 0 aromatic heterocycles. The van der Waals surface area contributed by atoms with E-state index in [1.165, 1.54) is 63.8 Å². The van der Waals surface area contributed by atoms with E-state index in [1.54, 1.807) is 0 Å². The van der Waals surface area contributed by atoms with Crippen LogP contribution in [0.1, 0.15) is 37.7 Å². The lowest BCUT2D eigenvalue weighted by molar-refractivity contribution is 0.0940. The highest BCUT2D eigenvalue weighted by Gasteiger charge is 2.37. The first-order chi connectivity index (χ1) is 11.3. The van der Waals surface area contributed by atoms with E-state index >= 15 is 0 Å². The third-order valence-electron chi connectivity index (χ3n) is 6.22. The van der Waals surface area contributed by atoms with Gasteiger partial charge in [-0.1, -0.05) is 30.3 Å². The van der Waals surface area contributed by atoms with Gasteiger partial charge < -0.3 is 0 Å². The largest absolute Gasteiger partial charge is 0.299 e. The predicted octanol–water partition coefficient (Wildman–Crippen LogP) is 2.82. The van der Waals surface area contributed by atoms with Gasteiger partial charge in [0.1, 0.15) is 0 Å². The molecule has 0 N–H and O–H groups in total. The van der Waals surface area contributed by atoms with Crippen molar-refractivity contribution in [1.82, 2.24) is 14.7 Å². The summed E-state index contributed by atoms with van der Waals surface area (Å²) in [5, 5.41) is 0. The zero-order chi connectivity index (χ0) is 15.6. The summed E-state index contributed by atoms with van der Waals surface area (Å²) in [4.78, 5) is 8.10. The molecular weight excluding hydrogens is 282 g/mol. The normalized spacial score (nSPS) is 27.8. The second-order valence-corrected chi connectivity index (χ2v) is 7.83. The van der Waals surface area contributed by atoms with E-state index in [-0.39, 0.29) is 0 Å². The van der Waals surface area contributed by atoms with Gasteiger partial charge in [-0.2, -0.15) is 0 Å². The third-order valence-corrected chi connectivity index (χ3v) is 6.22. The predicted molar refractivity (Wildman–Crippen MR) is 95.5 cm³/mol. The Kier molecular flexibility index (Phi) is 4.70. The van der Waals surface area contributed by atoms with Crippen LogP contribution in [-0.2, 0) is 6.54 Å². The molecule has 0 amide bonds. The summed E-state index contributed by atoms with van der Waals surface area (Å²) < 4.78 is 0. The van der Waals surface area contributed by atoms with Crippen LogP contribution in [0, 0.1) is 0 Å². The van der Waals surface area contributed by atoms with Crippen LogP contribution in [0.3, 0.4) is 0 Å². The van der Waals surface area contributed by atoms with Crippen molar-refractivity contribution in [2.24, 2.45) is 0 Å². The molecule has 1 aliphatic carbocycles. The maximum atomic E-state index is 2.74. The first kappa shape index (κ1) is 15.6. The highest BCUT2D eigenvalue weighted by Crippen LogP contribution is 2.32. The molecule has 2 heterocycles. The van der Waals surface area contributed by atoms with Crippen molar-refractivity contribution in [3.8, 4) is 0 Å². The molecule has 23 heavy (non-hydrogen) atoms. The molecule has 126 valence electrons. The summed E-state index contributed by atoms with van der Waals surface area (Å²) in [5.41, 5.74) is 1.45. The van der Waals surface area contributed by atoms with E-state index in [9.17, 15) is 0 Å². The van der Waals surface area contributed by atoms with Crippen LogP contribution < -0.4 is 0 Å². The molecule has 2 aliphatic heterocycles. The molecule has 1 atom stereocenters. The van der Waals surface area contributed by atoms with Gasteiger partial charge in [0, 0.05) is 37.8 Å². The molecule has 1 aromatic carbocycles. The number of piperidine rings is 1. The number of benzene rings is 1. The average Bonchev–Trinajstić information content (AvgIpc) is 3.33. The van der Waals surface area contributed by atoms with Crippen LogP contribution in [0.15, 0.2) is 30.3 Å². The Labute approximate surface area is 141 Å². The van der Waals surface area contributed by atoms with E-state index in [4.69, 9.17) is 0 Å². The second-order valence-electron chi connectivity index (χ2n) is 7.83. The van der Waals surface area contributed by atoms with Crippen molar-refractivity contribution < 1.29 is 0 Å². The van der Waals surface area contributed by atoms with E-state index in [0.717, 1.165) is 24.7 Å². The first-order valence-corrected chi connectivity index (χ1v) is 9.52. The smallest absolute Gasteiger partial charge is 0.0235 e. The van der Waals surface area contributed by atoms with Crippen LogP contribution in [-0.4, -0.2) is 66.1 Å². The topological polar surface area (TPSA) is 9.72 Å². The van der Waals surface area contributed by atoms with Gasteiger partial charge in [0.05, 0.1) is 0 Å². The summed E-state index contributed by atoms with van der Waals surface area (Å²) in [6.45, 7) is 6.29. The number of hydrogen-bond acceptors (Lipinski definition) is 3. The summed E-state index contributed by atoms with van der Waals surface area (Å²) >= 11 is 0. The van der Waals surface area contributed by atoms with Crippen LogP contribution in [0.5, 0.6) is 0 Å². The van der Waals surface area contributed by atoms with E-state index in [1.807, 2.05) is 0 Å². The monoisotopic (exact) mass is 313 g/mol. The summed E-state index contributed by atoms with van der Waals surface area (Å²) in [6, 6.07) is 13.5. The van der Waals surface area contributed by atoms with Gasteiger partial charge in [-0.25, -0.2) is 0 Å². The Hall–Kier alpha value is -0.900. The fourth-order valence-corrected chi connectivity index (χ4v) is 4.50. The number of rotatable bonds is 5. The van der Waals surface area contributed by atoms with E-state index < -0.39 is 0 Å². The second kappa shape index (κ2) is 6.92. The minimum Gasteiger partial charge on any atom is -0.299 e. The van der Waals surface area contributed by atoms with Crippen molar-refractivity contribution in [2.75, 3.05) is 33.2 Å². The maximum absolute atomic E-state index is 2.74. The molecule has 3 heteroatoms. The highest BCUT2D eigenvalue weighted by atomic mass is 15.3. The maximum Gasteiger partial charge on any atom is 0.0235 e. The third kappa shape index (κ3) is 3.78. The molecule has 0 bridgehead atoms. The van der Waals surface area contributed by atoms with Gasteiger partial charge >= 0.3 is 0 Å². The van der Waals surface area contributed by atoms with Gasteiger partial charge in [0.2, 0.25) is 0 Å². The number of hydrogen-bond donors (Lipinski definition) is 0. The van der Waals surface area contributed by atoms with Crippen molar-refractivity contribution in [1.29, 1.82) is 0 Å².